The summed E-state index contributed by atoms with van der Waals surface area (Å²) < 4.78 is 13.0. The van der Waals surface area contributed by atoms with Crippen LogP contribution in [0.1, 0.15) is 18.5 Å². The Hall–Kier alpha value is -2.15. The van der Waals surface area contributed by atoms with Crippen molar-refractivity contribution in [1.82, 2.24) is 10.9 Å². The van der Waals surface area contributed by atoms with E-state index in [-0.39, 0.29) is 17.8 Å². The van der Waals surface area contributed by atoms with E-state index in [9.17, 15) is 9.18 Å². The monoisotopic (exact) mass is 391 g/mol. The number of amides is 1. The predicted molar refractivity (Wildman–Crippen MR) is 105 cm³/mol. The van der Waals surface area contributed by atoms with Crippen molar-refractivity contribution in [3.63, 3.8) is 0 Å². The van der Waals surface area contributed by atoms with Crippen molar-refractivity contribution in [2.45, 2.75) is 13.0 Å². The number of hydrazine groups is 1. The van der Waals surface area contributed by atoms with E-state index in [1.807, 2.05) is 31.2 Å². The zero-order valence-electron chi connectivity index (χ0n) is 15.3. The first-order chi connectivity index (χ1) is 13.0. The number of piperazine rings is 1. The molecule has 1 heterocycles. The molecule has 1 saturated heterocycles. The minimum atomic E-state index is -0.222. The summed E-state index contributed by atoms with van der Waals surface area (Å²) in [5.41, 5.74) is 7.92. The second-order valence-corrected chi connectivity index (χ2v) is 7.29. The number of hydrogen-bond donors (Lipinski definition) is 3. The van der Waals surface area contributed by atoms with Gasteiger partial charge in [-0.3, -0.25) is 10.2 Å². The number of benzene rings is 2. The van der Waals surface area contributed by atoms with Crippen molar-refractivity contribution >= 4 is 23.2 Å². The summed E-state index contributed by atoms with van der Waals surface area (Å²) in [6, 6.07) is 14.1. The molecule has 1 aliphatic rings. The molecule has 27 heavy (non-hydrogen) atoms. The van der Waals surface area contributed by atoms with Gasteiger partial charge in [0.25, 0.3) is 5.91 Å². The molecule has 144 valence electrons. The maximum absolute atomic E-state index is 13.0. The van der Waals surface area contributed by atoms with Gasteiger partial charge in [0.2, 0.25) is 0 Å². The van der Waals surface area contributed by atoms with Gasteiger partial charge in [0.1, 0.15) is 5.82 Å². The van der Waals surface area contributed by atoms with Crippen LogP contribution in [0.2, 0.25) is 5.02 Å². The van der Waals surface area contributed by atoms with Gasteiger partial charge in [-0.2, -0.15) is 0 Å². The molecule has 1 aliphatic heterocycles. The highest BCUT2D eigenvalue weighted by molar-refractivity contribution is 6.30. The number of anilines is 1. The average molecular weight is 392 g/mol. The van der Waals surface area contributed by atoms with Gasteiger partial charge in [-0.25, -0.2) is 9.82 Å². The molecule has 0 bridgehead atoms. The van der Waals surface area contributed by atoms with Crippen molar-refractivity contribution in [2.24, 2.45) is 0 Å². The van der Waals surface area contributed by atoms with Gasteiger partial charge < -0.3 is 9.80 Å². The summed E-state index contributed by atoms with van der Waals surface area (Å²) in [6.07, 6.45) is 0. The van der Waals surface area contributed by atoms with Crippen LogP contribution in [0.4, 0.5) is 10.1 Å². The lowest BCUT2D eigenvalue weighted by Crippen LogP contribution is -3.16. The van der Waals surface area contributed by atoms with Gasteiger partial charge >= 0.3 is 0 Å². The third-order valence-corrected chi connectivity index (χ3v) is 5.12. The summed E-state index contributed by atoms with van der Waals surface area (Å²) in [6.45, 7) is 5.86. The van der Waals surface area contributed by atoms with Crippen LogP contribution in [0.3, 0.4) is 0 Å². The molecule has 0 aromatic heterocycles. The van der Waals surface area contributed by atoms with Crippen molar-refractivity contribution < 1.29 is 14.1 Å². The fourth-order valence-electron chi connectivity index (χ4n) is 3.20. The van der Waals surface area contributed by atoms with E-state index in [1.165, 1.54) is 17.0 Å². The van der Waals surface area contributed by atoms with Gasteiger partial charge in [0.05, 0.1) is 26.2 Å². The summed E-state index contributed by atoms with van der Waals surface area (Å²) in [4.78, 5) is 15.7. The van der Waals surface area contributed by atoms with Crippen LogP contribution in [0.5, 0.6) is 0 Å². The fourth-order valence-corrected chi connectivity index (χ4v) is 3.33. The van der Waals surface area contributed by atoms with Crippen molar-refractivity contribution in [1.29, 1.82) is 0 Å². The Labute approximate surface area is 164 Å². The highest BCUT2D eigenvalue weighted by Gasteiger charge is 2.22. The lowest BCUT2D eigenvalue weighted by Gasteiger charge is -2.33. The van der Waals surface area contributed by atoms with Crippen molar-refractivity contribution in [3.8, 4) is 0 Å². The summed E-state index contributed by atoms with van der Waals surface area (Å²) in [7, 11) is 0. The summed E-state index contributed by atoms with van der Waals surface area (Å²) >= 11 is 5.90. The molecule has 0 unspecified atom stereocenters. The molecule has 3 rings (SSSR count). The number of carbonyl (C=O) groups is 1. The predicted octanol–water partition coefficient (Wildman–Crippen LogP) is 1.57. The molecule has 1 atom stereocenters. The van der Waals surface area contributed by atoms with E-state index in [0.29, 0.717) is 11.6 Å². The van der Waals surface area contributed by atoms with Crippen LogP contribution >= 0.6 is 11.6 Å². The highest BCUT2D eigenvalue weighted by Crippen LogP contribution is 2.15. The molecule has 0 saturated carbocycles. The second-order valence-electron chi connectivity index (χ2n) is 6.86. The topological polar surface area (TPSA) is 48.8 Å². The van der Waals surface area contributed by atoms with Gasteiger partial charge in [-0.05, 0) is 48.9 Å². The van der Waals surface area contributed by atoms with E-state index < -0.39 is 0 Å². The maximum Gasteiger partial charge on any atom is 0.289 e. The number of nitrogens with one attached hydrogen (secondary N) is 3. The molecule has 1 amide bonds. The average Bonchev–Trinajstić information content (AvgIpc) is 2.68. The number of nitrogens with zero attached hydrogens (tertiary/aromatic N) is 1. The molecule has 7 heteroatoms. The summed E-state index contributed by atoms with van der Waals surface area (Å²) in [5.74, 6) is -0.249. The Morgan fingerprint density at radius 3 is 2.41 bits per heavy atom. The standard InChI is InChI=1S/C20H24ClFN4O/c1-15(16-2-4-17(21)5-3-16)23-24-20(27)14-25-10-12-26(13-11-25)19-8-6-18(22)7-9-19/h2-9,15,23H,10-14H2,1H3,(H,24,27)/p+1/t15-/m0/s1. The maximum atomic E-state index is 13.0. The lowest BCUT2D eigenvalue weighted by atomic mass is 10.1. The Bertz CT molecular complexity index is 746. The number of carbonyl (C=O) groups excluding carboxylic acids is 1. The van der Waals surface area contributed by atoms with E-state index in [2.05, 4.69) is 15.8 Å². The van der Waals surface area contributed by atoms with Crippen molar-refractivity contribution in [3.05, 3.63) is 64.9 Å². The second kappa shape index (κ2) is 9.17. The smallest absolute Gasteiger partial charge is 0.289 e. The Morgan fingerprint density at radius 2 is 1.78 bits per heavy atom. The molecule has 2 aromatic rings. The molecule has 1 fully saturated rings. The van der Waals surface area contributed by atoms with E-state index >= 15 is 0 Å². The Kier molecular flexibility index (Phi) is 6.66. The van der Waals surface area contributed by atoms with Gasteiger partial charge in [-0.1, -0.05) is 23.7 Å². The lowest BCUT2D eigenvalue weighted by molar-refractivity contribution is -0.892. The van der Waals surface area contributed by atoms with Crippen molar-refractivity contribution in [2.75, 3.05) is 37.6 Å². The molecular weight excluding hydrogens is 367 g/mol. The molecule has 3 N–H and O–H groups in total. The van der Waals surface area contributed by atoms with E-state index in [1.54, 1.807) is 12.1 Å². The molecule has 2 aromatic carbocycles. The first-order valence-corrected chi connectivity index (χ1v) is 9.53. The van der Waals surface area contributed by atoms with Crippen LogP contribution < -0.4 is 20.7 Å². The number of halogens is 2. The third kappa shape index (κ3) is 5.66. The third-order valence-electron chi connectivity index (χ3n) is 4.87. The number of hydrogen-bond acceptors (Lipinski definition) is 3. The molecule has 5 nitrogen and oxygen atoms in total. The first kappa shape index (κ1) is 19.6. The zero-order chi connectivity index (χ0) is 19.2. The minimum Gasteiger partial charge on any atom is -0.360 e. The summed E-state index contributed by atoms with van der Waals surface area (Å²) in [5, 5.41) is 0.693. The molecule has 0 aliphatic carbocycles. The minimum absolute atomic E-state index is 0.00320. The van der Waals surface area contributed by atoms with Crippen LogP contribution in [0, 0.1) is 5.82 Å². The van der Waals surface area contributed by atoms with E-state index in [4.69, 9.17) is 11.6 Å². The van der Waals surface area contributed by atoms with Crippen LogP contribution in [0.25, 0.3) is 0 Å². The van der Waals surface area contributed by atoms with Crippen LogP contribution in [0.15, 0.2) is 48.5 Å². The van der Waals surface area contributed by atoms with Crippen LogP contribution in [-0.2, 0) is 4.79 Å². The Balaban J connectivity index is 1.40. The highest BCUT2D eigenvalue weighted by atomic mass is 35.5. The van der Waals surface area contributed by atoms with Gasteiger partial charge in [0, 0.05) is 16.8 Å². The van der Waals surface area contributed by atoms with Crippen LogP contribution in [-0.4, -0.2) is 38.6 Å². The first-order valence-electron chi connectivity index (χ1n) is 9.15. The number of rotatable bonds is 6. The van der Waals surface area contributed by atoms with Gasteiger partial charge in [0.15, 0.2) is 6.54 Å². The fraction of sp³-hybridized carbons (Fsp3) is 0.350. The SMILES string of the molecule is C[C@H](NNC(=O)C[NH+]1CCN(c2ccc(F)cc2)CC1)c1ccc(Cl)cc1. The van der Waals surface area contributed by atoms with Gasteiger partial charge in [-0.15, -0.1) is 0 Å². The quantitative estimate of drug-likeness (QED) is 0.655. The largest absolute Gasteiger partial charge is 0.360 e. The molecular formula is C20H25ClFN4O+. The molecule has 0 radical (unpaired) electrons. The Morgan fingerprint density at radius 1 is 1.15 bits per heavy atom. The molecule has 0 spiro atoms. The normalized spacial score (nSPS) is 16.2. The number of quaternary nitrogens is 1. The zero-order valence-corrected chi connectivity index (χ0v) is 16.1. The van der Waals surface area contributed by atoms with E-state index in [0.717, 1.165) is 37.4 Å².